The Kier molecular flexibility index (Phi) is 3.89. The number of nitrogens with one attached hydrogen (secondary N) is 1. The van der Waals surface area contributed by atoms with Gasteiger partial charge in [0.05, 0.1) is 25.3 Å². The summed E-state index contributed by atoms with van der Waals surface area (Å²) in [6, 6.07) is 11.2. The van der Waals surface area contributed by atoms with Gasteiger partial charge in [-0.3, -0.25) is 0 Å². The Bertz CT molecular complexity index is 870. The highest BCUT2D eigenvalue weighted by atomic mass is 16.7. The summed E-state index contributed by atoms with van der Waals surface area (Å²) in [6.07, 6.45) is -0.796. The molecule has 0 amide bonds. The van der Waals surface area contributed by atoms with E-state index in [4.69, 9.17) is 9.47 Å². The Morgan fingerprint density at radius 2 is 1.91 bits per heavy atom. The van der Waals surface area contributed by atoms with Crippen molar-refractivity contribution in [3.05, 3.63) is 42.0 Å². The van der Waals surface area contributed by atoms with E-state index in [0.717, 1.165) is 22.2 Å². The summed E-state index contributed by atoms with van der Waals surface area (Å²) in [5.41, 5.74) is 3.84. The summed E-state index contributed by atoms with van der Waals surface area (Å²) in [5, 5.41) is 0. The van der Waals surface area contributed by atoms with Gasteiger partial charge in [0, 0.05) is 5.56 Å². The molecule has 3 aromatic rings. The Morgan fingerprint density at radius 1 is 1.09 bits per heavy atom. The van der Waals surface area contributed by atoms with Crippen molar-refractivity contribution in [2.45, 2.75) is 6.92 Å². The predicted molar refractivity (Wildman–Crippen MR) is 85.9 cm³/mol. The Hall–Kier alpha value is -3.02. The van der Waals surface area contributed by atoms with E-state index in [2.05, 4.69) is 14.7 Å². The van der Waals surface area contributed by atoms with Gasteiger partial charge in [0.1, 0.15) is 5.82 Å². The number of hydrogen-bond donors (Lipinski definition) is 1. The van der Waals surface area contributed by atoms with Crippen LogP contribution >= 0.6 is 0 Å². The molecule has 6 heteroatoms. The normalized spacial score (nSPS) is 10.6. The molecule has 0 bridgehead atoms. The van der Waals surface area contributed by atoms with Crippen molar-refractivity contribution in [2.24, 2.45) is 0 Å². The first-order valence-electron chi connectivity index (χ1n) is 7.01. The van der Waals surface area contributed by atoms with Crippen LogP contribution in [0, 0.1) is 6.92 Å². The van der Waals surface area contributed by atoms with Crippen LogP contribution in [0.3, 0.4) is 0 Å². The van der Waals surface area contributed by atoms with Gasteiger partial charge in [0.15, 0.2) is 11.5 Å². The fourth-order valence-corrected chi connectivity index (χ4v) is 2.29. The maximum atomic E-state index is 11.2. The number of H-pyrrole nitrogens is 1. The van der Waals surface area contributed by atoms with E-state index in [0.29, 0.717) is 11.6 Å². The van der Waals surface area contributed by atoms with Crippen LogP contribution in [0.15, 0.2) is 36.4 Å². The van der Waals surface area contributed by atoms with Gasteiger partial charge in [0.2, 0.25) is 0 Å². The molecule has 0 aliphatic heterocycles. The first-order chi connectivity index (χ1) is 11.1. The minimum atomic E-state index is -0.796. The number of nitrogens with zero attached hydrogens (tertiary/aromatic N) is 1. The van der Waals surface area contributed by atoms with Crippen molar-refractivity contribution in [1.82, 2.24) is 9.97 Å². The van der Waals surface area contributed by atoms with Gasteiger partial charge in [0.25, 0.3) is 0 Å². The predicted octanol–water partition coefficient (Wildman–Crippen LogP) is 3.69. The van der Waals surface area contributed by atoms with E-state index in [1.807, 2.05) is 25.1 Å². The first-order valence-corrected chi connectivity index (χ1v) is 7.01. The van der Waals surface area contributed by atoms with Crippen LogP contribution in [-0.2, 0) is 4.74 Å². The molecule has 0 saturated carbocycles. The third kappa shape index (κ3) is 2.96. The SMILES string of the molecule is COC(=O)Oc1ccc(-c2nc3ccc(C)cc3[nH]2)cc1OC. The van der Waals surface area contributed by atoms with Crippen molar-refractivity contribution in [2.75, 3.05) is 14.2 Å². The number of carbonyl (C=O) groups excluding carboxylic acids is 1. The summed E-state index contributed by atoms with van der Waals surface area (Å²) in [6.45, 7) is 2.03. The highest BCUT2D eigenvalue weighted by molar-refractivity contribution is 5.80. The zero-order valence-corrected chi connectivity index (χ0v) is 13.0. The molecule has 6 nitrogen and oxygen atoms in total. The number of hydrogen-bond acceptors (Lipinski definition) is 5. The Balaban J connectivity index is 1.99. The topological polar surface area (TPSA) is 73.4 Å². The number of rotatable bonds is 3. The lowest BCUT2D eigenvalue weighted by Gasteiger charge is -2.09. The fraction of sp³-hybridized carbons (Fsp3) is 0.176. The van der Waals surface area contributed by atoms with Gasteiger partial charge in [-0.15, -0.1) is 0 Å². The van der Waals surface area contributed by atoms with Crippen molar-refractivity contribution in [3.8, 4) is 22.9 Å². The minimum absolute atomic E-state index is 0.287. The summed E-state index contributed by atoms with van der Waals surface area (Å²) in [4.78, 5) is 19.1. The third-order valence-electron chi connectivity index (χ3n) is 3.43. The molecule has 0 saturated heterocycles. The van der Waals surface area contributed by atoms with E-state index in [-0.39, 0.29) is 5.75 Å². The maximum Gasteiger partial charge on any atom is 0.513 e. The van der Waals surface area contributed by atoms with Crippen LogP contribution < -0.4 is 9.47 Å². The number of fused-ring (bicyclic) bond motifs is 1. The lowest BCUT2D eigenvalue weighted by molar-refractivity contribution is 0.120. The number of aromatic nitrogens is 2. The van der Waals surface area contributed by atoms with Gasteiger partial charge in [-0.2, -0.15) is 0 Å². The smallest absolute Gasteiger partial charge is 0.493 e. The zero-order valence-electron chi connectivity index (χ0n) is 13.0. The number of aromatic amines is 1. The molecule has 118 valence electrons. The molecule has 1 aromatic heterocycles. The maximum absolute atomic E-state index is 11.2. The van der Waals surface area contributed by atoms with Gasteiger partial charge >= 0.3 is 6.16 Å². The molecule has 0 fully saturated rings. The van der Waals surface area contributed by atoms with Crippen LogP contribution in [0.25, 0.3) is 22.4 Å². The highest BCUT2D eigenvalue weighted by Crippen LogP contribution is 2.32. The second-order valence-corrected chi connectivity index (χ2v) is 5.03. The van der Waals surface area contributed by atoms with Gasteiger partial charge in [-0.1, -0.05) is 6.07 Å². The van der Waals surface area contributed by atoms with Crippen molar-refractivity contribution < 1.29 is 19.0 Å². The van der Waals surface area contributed by atoms with Gasteiger partial charge < -0.3 is 19.2 Å². The fourth-order valence-electron chi connectivity index (χ4n) is 2.29. The number of carbonyl (C=O) groups is 1. The average molecular weight is 312 g/mol. The van der Waals surface area contributed by atoms with Crippen LogP contribution in [-0.4, -0.2) is 30.3 Å². The molecular weight excluding hydrogens is 296 g/mol. The van der Waals surface area contributed by atoms with Crippen molar-refractivity contribution in [1.29, 1.82) is 0 Å². The molecule has 23 heavy (non-hydrogen) atoms. The second kappa shape index (κ2) is 6.00. The number of benzene rings is 2. The molecule has 3 rings (SSSR count). The summed E-state index contributed by atoms with van der Waals surface area (Å²) >= 11 is 0. The molecule has 1 heterocycles. The van der Waals surface area contributed by atoms with Crippen LogP contribution in [0.1, 0.15) is 5.56 Å². The highest BCUT2D eigenvalue weighted by Gasteiger charge is 2.13. The number of methoxy groups -OCH3 is 2. The number of imidazole rings is 1. The monoisotopic (exact) mass is 312 g/mol. The summed E-state index contributed by atoms with van der Waals surface area (Å²) in [7, 11) is 2.75. The lowest BCUT2D eigenvalue weighted by atomic mass is 10.2. The first kappa shape index (κ1) is 14.9. The standard InChI is InChI=1S/C17H16N2O4/c1-10-4-6-12-13(8-10)19-16(18-12)11-5-7-14(15(9-11)21-2)23-17(20)22-3/h4-9H,1-3H3,(H,18,19). The Morgan fingerprint density at radius 3 is 2.65 bits per heavy atom. The molecule has 0 radical (unpaired) electrons. The molecule has 0 spiro atoms. The molecule has 1 N–H and O–H groups in total. The van der Waals surface area contributed by atoms with E-state index in [9.17, 15) is 4.79 Å². The third-order valence-corrected chi connectivity index (χ3v) is 3.43. The van der Waals surface area contributed by atoms with Crippen molar-refractivity contribution >= 4 is 17.2 Å². The van der Waals surface area contributed by atoms with Gasteiger partial charge in [-0.25, -0.2) is 9.78 Å². The van der Waals surface area contributed by atoms with E-state index in [1.165, 1.54) is 14.2 Å². The molecule has 0 aliphatic carbocycles. The van der Waals surface area contributed by atoms with Crippen molar-refractivity contribution in [3.63, 3.8) is 0 Å². The Labute approximate surface area is 133 Å². The van der Waals surface area contributed by atoms with Gasteiger partial charge in [-0.05, 0) is 42.8 Å². The summed E-state index contributed by atoms with van der Waals surface area (Å²) in [5.74, 6) is 1.42. The molecule has 0 unspecified atom stereocenters. The molecular formula is C17H16N2O4. The van der Waals surface area contributed by atoms with Crippen LogP contribution in [0.5, 0.6) is 11.5 Å². The second-order valence-electron chi connectivity index (χ2n) is 5.03. The number of ether oxygens (including phenoxy) is 3. The molecule has 2 aromatic carbocycles. The molecule has 0 aliphatic rings. The van der Waals surface area contributed by atoms with Crippen LogP contribution in [0.4, 0.5) is 4.79 Å². The van der Waals surface area contributed by atoms with Crippen LogP contribution in [0.2, 0.25) is 0 Å². The quantitative estimate of drug-likeness (QED) is 0.590. The lowest BCUT2D eigenvalue weighted by Crippen LogP contribution is -2.08. The largest absolute Gasteiger partial charge is 0.513 e. The summed E-state index contributed by atoms with van der Waals surface area (Å²) < 4.78 is 14.8. The number of aryl methyl sites for hydroxylation is 1. The average Bonchev–Trinajstić information content (AvgIpc) is 2.98. The molecule has 0 atom stereocenters. The van der Waals surface area contributed by atoms with E-state index >= 15 is 0 Å². The van der Waals surface area contributed by atoms with E-state index in [1.54, 1.807) is 18.2 Å². The zero-order chi connectivity index (χ0) is 16.4. The van der Waals surface area contributed by atoms with E-state index < -0.39 is 6.16 Å². The minimum Gasteiger partial charge on any atom is -0.493 e.